The number of carboxylic acids is 1. The predicted octanol–water partition coefficient (Wildman–Crippen LogP) is 3.91. The van der Waals surface area contributed by atoms with Gasteiger partial charge < -0.3 is 5.11 Å². The molecule has 27 heavy (non-hydrogen) atoms. The molecule has 2 N–H and O–H groups in total. The quantitative estimate of drug-likeness (QED) is 0.760. The van der Waals surface area contributed by atoms with E-state index in [9.17, 15) is 23.1 Å². The van der Waals surface area contributed by atoms with Crippen molar-refractivity contribution in [3.05, 3.63) is 47.8 Å². The van der Waals surface area contributed by atoms with Crippen LogP contribution in [0.4, 0.5) is 13.2 Å². The number of nitrogens with zero attached hydrogens (tertiary/aromatic N) is 3. The number of aromatic amines is 1. The molecular formula is C18H19F3N4O2. The van der Waals surface area contributed by atoms with Gasteiger partial charge in [0.15, 0.2) is 5.82 Å². The van der Waals surface area contributed by atoms with Crippen molar-refractivity contribution in [2.45, 2.75) is 38.3 Å². The van der Waals surface area contributed by atoms with Crippen molar-refractivity contribution in [1.82, 2.24) is 20.6 Å². The number of carbonyl (C=O) groups is 1. The van der Waals surface area contributed by atoms with Crippen LogP contribution in [0, 0.1) is 11.3 Å². The third-order valence-electron chi connectivity index (χ3n) is 5.39. The Kier molecular flexibility index (Phi) is 4.79. The van der Waals surface area contributed by atoms with Crippen LogP contribution >= 0.6 is 0 Å². The summed E-state index contributed by atoms with van der Waals surface area (Å²) in [6.45, 7) is 5.81. The van der Waals surface area contributed by atoms with Gasteiger partial charge in [-0.3, -0.25) is 4.79 Å². The van der Waals surface area contributed by atoms with E-state index >= 15 is 0 Å². The Morgan fingerprint density at radius 3 is 2.74 bits per heavy atom. The van der Waals surface area contributed by atoms with Crippen molar-refractivity contribution in [3.63, 3.8) is 0 Å². The Morgan fingerprint density at radius 2 is 2.22 bits per heavy atom. The Hall–Kier alpha value is -2.71. The fourth-order valence-electron chi connectivity index (χ4n) is 3.80. The molecule has 144 valence electrons. The van der Waals surface area contributed by atoms with Gasteiger partial charge in [0.1, 0.15) is 0 Å². The molecule has 6 nitrogen and oxygen atoms in total. The molecule has 0 bridgehead atoms. The van der Waals surface area contributed by atoms with Crippen molar-refractivity contribution in [3.8, 4) is 0 Å². The van der Waals surface area contributed by atoms with Crippen molar-refractivity contribution < 1.29 is 23.1 Å². The first-order chi connectivity index (χ1) is 12.7. The average molecular weight is 380 g/mol. The predicted molar refractivity (Wildman–Crippen MR) is 90.5 cm³/mol. The van der Waals surface area contributed by atoms with Gasteiger partial charge in [-0.2, -0.15) is 18.4 Å². The van der Waals surface area contributed by atoms with Gasteiger partial charge in [0.25, 0.3) is 0 Å². The lowest BCUT2D eigenvalue weighted by molar-refractivity contribution is -0.145. The first kappa shape index (κ1) is 19.1. The van der Waals surface area contributed by atoms with Crippen LogP contribution in [0.15, 0.2) is 30.8 Å². The Labute approximate surface area is 153 Å². The standard InChI is InChI=1S/C18H19F3N4O2/c1-3-12-9-17(12,16(26)27)14(15-22-24-25-23-15)7-10(2)11-5-4-6-13(8-11)18(19,20)21/h4-6,8,12,14H,2-3,7,9H2,1H3,(H,26,27)(H,22,23,24,25)/t12-,14+,17?/m0/s1. The highest BCUT2D eigenvalue weighted by Crippen LogP contribution is 2.64. The number of alkyl halides is 3. The van der Waals surface area contributed by atoms with Crippen LogP contribution in [0.25, 0.3) is 5.57 Å². The molecule has 0 saturated heterocycles. The molecule has 1 aromatic heterocycles. The van der Waals surface area contributed by atoms with Gasteiger partial charge in [-0.05, 0) is 42.0 Å². The largest absolute Gasteiger partial charge is 0.481 e. The maximum atomic E-state index is 13.0. The summed E-state index contributed by atoms with van der Waals surface area (Å²) in [7, 11) is 0. The summed E-state index contributed by atoms with van der Waals surface area (Å²) in [6.07, 6.45) is -3.19. The first-order valence-electron chi connectivity index (χ1n) is 8.52. The third kappa shape index (κ3) is 3.45. The molecule has 0 amide bonds. The normalized spacial score (nSPS) is 23.0. The molecule has 1 aromatic carbocycles. The highest BCUT2D eigenvalue weighted by molar-refractivity contribution is 5.81. The van der Waals surface area contributed by atoms with Crippen molar-refractivity contribution in [2.24, 2.45) is 11.3 Å². The maximum Gasteiger partial charge on any atom is 0.416 e. The molecule has 0 aliphatic heterocycles. The summed E-state index contributed by atoms with van der Waals surface area (Å²) in [5.41, 5.74) is -1.11. The molecule has 1 unspecified atom stereocenters. The van der Waals surface area contributed by atoms with Gasteiger partial charge >= 0.3 is 12.1 Å². The minimum absolute atomic E-state index is 0.0483. The fourth-order valence-corrected chi connectivity index (χ4v) is 3.80. The SMILES string of the molecule is C=C(C[C@H](c1nn[nH]n1)C1(C(=O)O)C[C@@H]1CC)c1cccc(C(F)(F)F)c1. The Balaban J connectivity index is 1.92. The summed E-state index contributed by atoms with van der Waals surface area (Å²) in [5, 5.41) is 23.6. The van der Waals surface area contributed by atoms with E-state index < -0.39 is 29.0 Å². The molecule has 1 aliphatic carbocycles. The zero-order valence-electron chi connectivity index (χ0n) is 14.6. The minimum Gasteiger partial charge on any atom is -0.481 e. The third-order valence-corrected chi connectivity index (χ3v) is 5.39. The fraction of sp³-hybridized carbons (Fsp3) is 0.444. The van der Waals surface area contributed by atoms with Crippen LogP contribution in [-0.2, 0) is 11.0 Å². The molecule has 9 heteroatoms. The number of rotatable bonds is 7. The summed E-state index contributed by atoms with van der Waals surface area (Å²) >= 11 is 0. The maximum absolute atomic E-state index is 13.0. The molecule has 1 aliphatic rings. The van der Waals surface area contributed by atoms with Crippen LogP contribution in [0.3, 0.4) is 0 Å². The summed E-state index contributed by atoms with van der Waals surface area (Å²) in [6, 6.07) is 4.85. The average Bonchev–Trinajstić information content (AvgIpc) is 3.13. The van der Waals surface area contributed by atoms with E-state index in [4.69, 9.17) is 0 Å². The Morgan fingerprint density at radius 1 is 1.48 bits per heavy atom. The van der Waals surface area contributed by atoms with Gasteiger partial charge in [0.05, 0.1) is 11.0 Å². The summed E-state index contributed by atoms with van der Waals surface area (Å²) in [5.74, 6) is -1.39. The molecule has 1 fully saturated rings. The highest BCUT2D eigenvalue weighted by Gasteiger charge is 2.65. The smallest absolute Gasteiger partial charge is 0.416 e. The number of benzene rings is 1. The number of tetrazole rings is 1. The number of aromatic nitrogens is 4. The van der Waals surface area contributed by atoms with E-state index in [1.54, 1.807) is 0 Å². The molecule has 3 atom stereocenters. The van der Waals surface area contributed by atoms with Crippen molar-refractivity contribution in [1.29, 1.82) is 0 Å². The van der Waals surface area contributed by atoms with Gasteiger partial charge in [-0.25, -0.2) is 0 Å². The number of aliphatic carboxylic acids is 1. The molecule has 2 aromatic rings. The van der Waals surface area contributed by atoms with E-state index in [0.29, 0.717) is 24.0 Å². The highest BCUT2D eigenvalue weighted by atomic mass is 19.4. The lowest BCUT2D eigenvalue weighted by atomic mass is 9.80. The van der Waals surface area contributed by atoms with Gasteiger partial charge in [-0.1, -0.05) is 37.3 Å². The van der Waals surface area contributed by atoms with Crippen molar-refractivity contribution >= 4 is 11.5 Å². The zero-order chi connectivity index (χ0) is 19.8. The lowest BCUT2D eigenvalue weighted by Gasteiger charge is -2.23. The van der Waals surface area contributed by atoms with Crippen LogP contribution < -0.4 is 0 Å². The van der Waals surface area contributed by atoms with E-state index in [2.05, 4.69) is 27.2 Å². The first-order valence-corrected chi connectivity index (χ1v) is 8.52. The topological polar surface area (TPSA) is 91.8 Å². The number of carboxylic acid groups (broad SMARTS) is 1. The van der Waals surface area contributed by atoms with E-state index in [1.807, 2.05) is 6.92 Å². The Bertz CT molecular complexity index is 851. The van der Waals surface area contributed by atoms with Gasteiger partial charge in [0, 0.05) is 5.92 Å². The van der Waals surface area contributed by atoms with Crippen LogP contribution in [0.2, 0.25) is 0 Å². The van der Waals surface area contributed by atoms with Crippen LogP contribution in [-0.4, -0.2) is 31.7 Å². The van der Waals surface area contributed by atoms with Gasteiger partial charge in [-0.15, -0.1) is 10.2 Å². The molecule has 1 heterocycles. The number of allylic oxidation sites excluding steroid dienone is 1. The summed E-state index contributed by atoms with van der Waals surface area (Å²) < 4.78 is 38.9. The second kappa shape index (κ2) is 6.79. The molecule has 3 rings (SSSR count). The molecule has 0 radical (unpaired) electrons. The van der Waals surface area contributed by atoms with E-state index in [0.717, 1.165) is 12.1 Å². The molecule has 0 spiro atoms. The van der Waals surface area contributed by atoms with Crippen molar-refractivity contribution in [2.75, 3.05) is 0 Å². The van der Waals surface area contributed by atoms with Gasteiger partial charge in [0.2, 0.25) is 0 Å². The van der Waals surface area contributed by atoms with Crippen LogP contribution in [0.5, 0.6) is 0 Å². The van der Waals surface area contributed by atoms with Crippen LogP contribution in [0.1, 0.15) is 49.1 Å². The molecular weight excluding hydrogens is 361 g/mol. The minimum atomic E-state index is -4.46. The second-order valence-electron chi connectivity index (χ2n) is 6.86. The van der Waals surface area contributed by atoms with E-state index in [1.165, 1.54) is 12.1 Å². The molecule has 1 saturated carbocycles. The number of H-pyrrole nitrogens is 1. The zero-order valence-corrected chi connectivity index (χ0v) is 14.6. The van der Waals surface area contributed by atoms with E-state index in [-0.39, 0.29) is 18.2 Å². The lowest BCUT2D eigenvalue weighted by Crippen LogP contribution is -2.27. The summed E-state index contributed by atoms with van der Waals surface area (Å²) in [4.78, 5) is 12.0. The number of hydrogen-bond donors (Lipinski definition) is 2. The number of hydrogen-bond acceptors (Lipinski definition) is 4. The number of nitrogens with one attached hydrogen (secondary N) is 1. The second-order valence-corrected chi connectivity index (χ2v) is 6.86. The number of halogens is 3. The monoisotopic (exact) mass is 380 g/mol.